The largest absolute Gasteiger partial charge is 0.351 e. The zero-order chi connectivity index (χ0) is 14.7. The number of hydrogen-bond donors (Lipinski definition) is 0. The molecule has 1 aliphatic heterocycles. The van der Waals surface area contributed by atoms with Crippen molar-refractivity contribution in [2.24, 2.45) is 0 Å². The molecule has 0 saturated carbocycles. The molecule has 1 aliphatic rings. The summed E-state index contributed by atoms with van der Waals surface area (Å²) in [6, 6.07) is 3.98. The first-order valence-corrected chi connectivity index (χ1v) is 6.78. The molecular weight excluding hydrogens is 266 g/mol. The van der Waals surface area contributed by atoms with Crippen molar-refractivity contribution in [2.75, 3.05) is 36.0 Å². The highest BCUT2D eigenvalue weighted by Crippen LogP contribution is 2.18. The van der Waals surface area contributed by atoms with Crippen molar-refractivity contribution >= 4 is 11.8 Å². The molecule has 21 heavy (non-hydrogen) atoms. The van der Waals surface area contributed by atoms with Crippen molar-refractivity contribution in [3.63, 3.8) is 0 Å². The summed E-state index contributed by atoms with van der Waals surface area (Å²) in [6.45, 7) is 5.09. The molecule has 2 aromatic rings. The van der Waals surface area contributed by atoms with Crippen LogP contribution < -0.4 is 9.80 Å². The molecule has 3 rings (SSSR count). The zero-order valence-electron chi connectivity index (χ0n) is 11.8. The molecule has 7 nitrogen and oxygen atoms in total. The zero-order valence-corrected chi connectivity index (χ0v) is 11.8. The van der Waals surface area contributed by atoms with Crippen LogP contribution in [0.4, 0.5) is 11.8 Å². The van der Waals surface area contributed by atoms with Gasteiger partial charge in [-0.05, 0) is 13.0 Å². The Hall–Kier alpha value is -2.75. The highest BCUT2D eigenvalue weighted by atomic mass is 15.3. The van der Waals surface area contributed by atoms with E-state index < -0.39 is 0 Å². The third-order valence-corrected chi connectivity index (χ3v) is 3.43. The predicted molar refractivity (Wildman–Crippen MR) is 77.9 cm³/mol. The Labute approximate surface area is 122 Å². The minimum absolute atomic E-state index is 0.373. The summed E-state index contributed by atoms with van der Waals surface area (Å²) < 4.78 is 0. The van der Waals surface area contributed by atoms with E-state index in [1.807, 2.05) is 13.0 Å². The van der Waals surface area contributed by atoms with Crippen LogP contribution in [0.5, 0.6) is 0 Å². The highest BCUT2D eigenvalue weighted by molar-refractivity contribution is 5.51. The van der Waals surface area contributed by atoms with Crippen LogP contribution in [0.15, 0.2) is 24.7 Å². The van der Waals surface area contributed by atoms with Gasteiger partial charge < -0.3 is 9.80 Å². The summed E-state index contributed by atoms with van der Waals surface area (Å²) >= 11 is 0. The fourth-order valence-corrected chi connectivity index (χ4v) is 2.35. The molecule has 0 radical (unpaired) electrons. The van der Waals surface area contributed by atoms with E-state index in [1.165, 1.54) is 0 Å². The highest BCUT2D eigenvalue weighted by Gasteiger charge is 2.22. The maximum Gasteiger partial charge on any atom is 0.225 e. The molecule has 0 aromatic carbocycles. The second kappa shape index (κ2) is 5.71. The first-order valence-electron chi connectivity index (χ1n) is 6.78. The average molecular weight is 281 g/mol. The lowest BCUT2D eigenvalue weighted by Crippen LogP contribution is -2.47. The molecule has 1 fully saturated rings. The minimum atomic E-state index is 0.373. The van der Waals surface area contributed by atoms with Gasteiger partial charge in [-0.3, -0.25) is 0 Å². The third-order valence-electron chi connectivity index (χ3n) is 3.43. The molecule has 0 N–H and O–H groups in total. The van der Waals surface area contributed by atoms with Crippen LogP contribution >= 0.6 is 0 Å². The normalized spacial score (nSPS) is 14.9. The first kappa shape index (κ1) is 13.2. The van der Waals surface area contributed by atoms with Crippen LogP contribution in [-0.2, 0) is 0 Å². The quantitative estimate of drug-likeness (QED) is 0.804. The average Bonchev–Trinajstić information content (AvgIpc) is 2.55. The van der Waals surface area contributed by atoms with Crippen molar-refractivity contribution in [3.05, 3.63) is 36.0 Å². The second-order valence-electron chi connectivity index (χ2n) is 4.81. The maximum atomic E-state index is 9.10. The van der Waals surface area contributed by atoms with E-state index in [9.17, 15) is 0 Å². The lowest BCUT2D eigenvalue weighted by molar-refractivity contribution is 0.632. The SMILES string of the molecule is Cc1ccnc(N2CCN(c3nccnc3C#N)CC2)n1. The molecule has 0 aliphatic carbocycles. The molecule has 7 heteroatoms. The first-order chi connectivity index (χ1) is 10.3. The predicted octanol–water partition coefficient (Wildman–Crippen LogP) is 0.773. The van der Waals surface area contributed by atoms with Gasteiger partial charge in [0.15, 0.2) is 11.5 Å². The number of anilines is 2. The van der Waals surface area contributed by atoms with Crippen LogP contribution in [0.25, 0.3) is 0 Å². The van der Waals surface area contributed by atoms with E-state index in [-0.39, 0.29) is 0 Å². The van der Waals surface area contributed by atoms with Crippen LogP contribution in [0.3, 0.4) is 0 Å². The van der Waals surface area contributed by atoms with Gasteiger partial charge in [-0.2, -0.15) is 5.26 Å². The van der Waals surface area contributed by atoms with Crippen LogP contribution in [-0.4, -0.2) is 46.1 Å². The van der Waals surface area contributed by atoms with Crippen LogP contribution in [0.2, 0.25) is 0 Å². The van der Waals surface area contributed by atoms with E-state index in [4.69, 9.17) is 5.26 Å². The van der Waals surface area contributed by atoms with Gasteiger partial charge in [0.25, 0.3) is 0 Å². The van der Waals surface area contributed by atoms with Gasteiger partial charge in [-0.1, -0.05) is 0 Å². The summed E-state index contributed by atoms with van der Waals surface area (Å²) in [5, 5.41) is 9.10. The number of aryl methyl sites for hydroxylation is 1. The molecular formula is C14H15N7. The lowest BCUT2D eigenvalue weighted by atomic mass is 10.3. The standard InChI is InChI=1S/C14H15N7/c1-11-2-3-18-14(19-11)21-8-6-20(7-9-21)13-12(10-15)16-4-5-17-13/h2-5H,6-9H2,1H3. The van der Waals surface area contributed by atoms with Crippen molar-refractivity contribution < 1.29 is 0 Å². The van der Waals surface area contributed by atoms with E-state index in [0.29, 0.717) is 11.5 Å². The van der Waals surface area contributed by atoms with Gasteiger partial charge in [0.05, 0.1) is 0 Å². The Morgan fingerprint density at radius 3 is 2.43 bits per heavy atom. The van der Waals surface area contributed by atoms with Gasteiger partial charge in [-0.15, -0.1) is 0 Å². The number of nitrogens with zero attached hydrogens (tertiary/aromatic N) is 7. The second-order valence-corrected chi connectivity index (χ2v) is 4.81. The van der Waals surface area contributed by atoms with Crippen molar-refractivity contribution in [3.8, 4) is 6.07 Å². The Balaban J connectivity index is 1.72. The number of aromatic nitrogens is 4. The molecule has 0 amide bonds. The Morgan fingerprint density at radius 2 is 1.71 bits per heavy atom. The summed E-state index contributed by atoms with van der Waals surface area (Å²) in [4.78, 5) is 21.3. The van der Waals surface area contributed by atoms with E-state index in [0.717, 1.165) is 37.8 Å². The number of hydrogen-bond acceptors (Lipinski definition) is 7. The minimum Gasteiger partial charge on any atom is -0.351 e. The molecule has 1 saturated heterocycles. The fraction of sp³-hybridized carbons (Fsp3) is 0.357. The monoisotopic (exact) mass is 281 g/mol. The van der Waals surface area contributed by atoms with Crippen molar-refractivity contribution in [1.82, 2.24) is 19.9 Å². The molecule has 0 bridgehead atoms. The Morgan fingerprint density at radius 1 is 1.00 bits per heavy atom. The summed E-state index contributed by atoms with van der Waals surface area (Å²) in [6.07, 6.45) is 4.94. The molecule has 0 unspecified atom stereocenters. The number of rotatable bonds is 2. The smallest absolute Gasteiger partial charge is 0.225 e. The van der Waals surface area contributed by atoms with Crippen LogP contribution in [0, 0.1) is 18.3 Å². The van der Waals surface area contributed by atoms with Gasteiger partial charge in [0.1, 0.15) is 6.07 Å². The molecule has 0 spiro atoms. The maximum absolute atomic E-state index is 9.10. The molecule has 3 heterocycles. The van der Waals surface area contributed by atoms with Gasteiger partial charge in [0.2, 0.25) is 5.95 Å². The van der Waals surface area contributed by atoms with Gasteiger partial charge in [-0.25, -0.2) is 19.9 Å². The van der Waals surface area contributed by atoms with E-state index >= 15 is 0 Å². The number of piperazine rings is 1. The number of nitriles is 1. The molecule has 106 valence electrons. The lowest BCUT2D eigenvalue weighted by Gasteiger charge is -2.35. The van der Waals surface area contributed by atoms with Crippen molar-refractivity contribution in [1.29, 1.82) is 5.26 Å². The molecule has 2 aromatic heterocycles. The third kappa shape index (κ3) is 2.74. The van der Waals surface area contributed by atoms with Gasteiger partial charge in [0, 0.05) is 50.5 Å². The fourth-order valence-electron chi connectivity index (χ4n) is 2.35. The summed E-state index contributed by atoms with van der Waals surface area (Å²) in [7, 11) is 0. The molecule has 0 atom stereocenters. The van der Waals surface area contributed by atoms with Crippen molar-refractivity contribution in [2.45, 2.75) is 6.92 Å². The summed E-state index contributed by atoms with van der Waals surface area (Å²) in [5.41, 5.74) is 1.33. The Bertz CT molecular complexity index is 671. The van der Waals surface area contributed by atoms with E-state index in [1.54, 1.807) is 18.6 Å². The topological polar surface area (TPSA) is 81.8 Å². The van der Waals surface area contributed by atoms with Crippen LogP contribution in [0.1, 0.15) is 11.4 Å². The summed E-state index contributed by atoms with van der Waals surface area (Å²) in [5.74, 6) is 1.42. The van der Waals surface area contributed by atoms with Gasteiger partial charge >= 0.3 is 0 Å². The Kier molecular flexibility index (Phi) is 3.60. The van der Waals surface area contributed by atoms with E-state index in [2.05, 4.69) is 35.8 Å².